The number of ketones is 1. The maximum atomic E-state index is 11.9. The Balaban J connectivity index is 1.98. The van der Waals surface area contributed by atoms with E-state index >= 15 is 0 Å². The Morgan fingerprint density at radius 1 is 1.35 bits per heavy atom. The minimum absolute atomic E-state index is 0.366. The molecular weight excluding hydrogens is 276 g/mol. The van der Waals surface area contributed by atoms with Crippen LogP contribution in [0.5, 0.6) is 0 Å². The van der Waals surface area contributed by atoms with Crippen LogP contribution in [0.2, 0.25) is 0 Å². The van der Waals surface area contributed by atoms with E-state index in [0.717, 1.165) is 12.3 Å². The van der Waals surface area contributed by atoms with Crippen LogP contribution >= 0.6 is 15.9 Å². The van der Waals surface area contributed by atoms with Gasteiger partial charge in [-0.25, -0.2) is 0 Å². The van der Waals surface area contributed by atoms with Crippen molar-refractivity contribution < 1.29 is 4.79 Å². The summed E-state index contributed by atoms with van der Waals surface area (Å²) < 4.78 is 0. The maximum Gasteiger partial charge on any atom is 0.133 e. The molecule has 96 valence electrons. The van der Waals surface area contributed by atoms with Crippen molar-refractivity contribution in [1.29, 1.82) is 0 Å². The monoisotopic (exact) mass is 298 g/mol. The highest BCUT2D eigenvalue weighted by atomic mass is 79.9. The van der Waals surface area contributed by atoms with Crippen molar-refractivity contribution in [2.75, 3.05) is 0 Å². The summed E-state index contributed by atoms with van der Waals surface area (Å²) in [5.74, 6) is 2.32. The third-order valence-corrected chi connectivity index (χ3v) is 8.37. The van der Waals surface area contributed by atoms with Crippen LogP contribution in [-0.2, 0) is 4.79 Å². The molecule has 3 aliphatic carbocycles. The normalized spacial score (nSPS) is 51.3. The molecule has 3 fully saturated rings. The van der Waals surface area contributed by atoms with Gasteiger partial charge in [0.25, 0.3) is 0 Å². The molecule has 0 radical (unpaired) electrons. The quantitative estimate of drug-likeness (QED) is 0.663. The molecule has 1 nitrogen and oxygen atoms in total. The van der Waals surface area contributed by atoms with Crippen LogP contribution in [0.4, 0.5) is 0 Å². The molecule has 0 saturated heterocycles. The summed E-state index contributed by atoms with van der Waals surface area (Å²) in [4.78, 5) is 12.5. The Kier molecular flexibility index (Phi) is 2.57. The van der Waals surface area contributed by atoms with Gasteiger partial charge in [0.1, 0.15) is 5.78 Å². The summed E-state index contributed by atoms with van der Waals surface area (Å²) in [7, 11) is 0. The van der Waals surface area contributed by atoms with E-state index < -0.39 is 0 Å². The summed E-state index contributed by atoms with van der Waals surface area (Å²) >= 11 is 4.01. The lowest BCUT2D eigenvalue weighted by Gasteiger charge is -2.51. The SMILES string of the molecule is CC(=O)[C@H]1CCC[C@]23C[C@H](C[C@H]12)C(C)(C)[C@@H]3Br. The zero-order valence-electron chi connectivity index (χ0n) is 11.1. The first-order chi connectivity index (χ1) is 7.89. The Labute approximate surface area is 113 Å². The molecule has 0 aliphatic heterocycles. The average Bonchev–Trinajstić information content (AvgIpc) is 2.73. The summed E-state index contributed by atoms with van der Waals surface area (Å²) in [6.07, 6.45) is 6.42. The first-order valence-electron chi connectivity index (χ1n) is 7.04. The van der Waals surface area contributed by atoms with E-state index in [0.29, 0.717) is 33.3 Å². The molecule has 2 heteroatoms. The molecule has 1 spiro atoms. The lowest BCUT2D eigenvalue weighted by atomic mass is 9.57. The number of rotatable bonds is 1. The number of hydrogen-bond acceptors (Lipinski definition) is 1. The van der Waals surface area contributed by atoms with Crippen molar-refractivity contribution >= 4 is 21.7 Å². The minimum atomic E-state index is 0.366. The molecule has 0 aromatic rings. The van der Waals surface area contributed by atoms with Crippen molar-refractivity contribution in [3.63, 3.8) is 0 Å². The fourth-order valence-electron chi connectivity index (χ4n) is 5.36. The Morgan fingerprint density at radius 3 is 2.65 bits per heavy atom. The summed E-state index contributed by atoms with van der Waals surface area (Å²) in [6.45, 7) is 6.64. The Bertz CT molecular complexity index is 362. The highest BCUT2D eigenvalue weighted by Gasteiger charge is 2.67. The van der Waals surface area contributed by atoms with Gasteiger partial charge in [-0.1, -0.05) is 36.2 Å². The average molecular weight is 299 g/mol. The molecule has 0 N–H and O–H groups in total. The number of fused-ring (bicyclic) bond motifs is 1. The Hall–Kier alpha value is 0.150. The molecule has 17 heavy (non-hydrogen) atoms. The maximum absolute atomic E-state index is 11.9. The molecule has 0 aromatic carbocycles. The Morgan fingerprint density at radius 2 is 2.06 bits per heavy atom. The number of Topliss-reactive ketones (excluding diaryl/α,β-unsaturated/α-hetero) is 1. The number of hydrogen-bond donors (Lipinski definition) is 0. The van der Waals surface area contributed by atoms with Gasteiger partial charge in [-0.15, -0.1) is 0 Å². The van der Waals surface area contributed by atoms with Crippen LogP contribution in [0.3, 0.4) is 0 Å². The molecule has 3 rings (SSSR count). The van der Waals surface area contributed by atoms with E-state index in [9.17, 15) is 4.79 Å². The zero-order valence-corrected chi connectivity index (χ0v) is 12.7. The van der Waals surface area contributed by atoms with Crippen LogP contribution in [0, 0.1) is 28.6 Å². The van der Waals surface area contributed by atoms with Gasteiger partial charge in [0.2, 0.25) is 0 Å². The number of halogens is 1. The van der Waals surface area contributed by atoms with Gasteiger partial charge >= 0.3 is 0 Å². The van der Waals surface area contributed by atoms with Crippen LogP contribution in [-0.4, -0.2) is 10.6 Å². The van der Waals surface area contributed by atoms with Gasteiger partial charge in [0, 0.05) is 10.7 Å². The molecule has 0 heterocycles. The third-order valence-electron chi connectivity index (χ3n) is 6.28. The van der Waals surface area contributed by atoms with Gasteiger partial charge < -0.3 is 0 Å². The second-order valence-corrected chi connectivity index (χ2v) is 8.19. The predicted molar refractivity (Wildman–Crippen MR) is 73.2 cm³/mol. The molecule has 3 saturated carbocycles. The molecule has 0 amide bonds. The molecule has 0 unspecified atom stereocenters. The smallest absolute Gasteiger partial charge is 0.133 e. The van der Waals surface area contributed by atoms with E-state index in [-0.39, 0.29) is 0 Å². The van der Waals surface area contributed by atoms with E-state index in [1.807, 2.05) is 6.92 Å². The topological polar surface area (TPSA) is 17.1 Å². The lowest BCUT2D eigenvalue weighted by molar-refractivity contribution is -0.126. The standard InChI is InChI=1S/C15H23BrO/c1-9(17)11-5-4-6-15-8-10(7-12(11)15)14(2,3)13(15)16/h10-13H,4-8H2,1-3H3/t10-,11+,12+,13-,15-/m0/s1. The van der Waals surface area contributed by atoms with E-state index in [1.54, 1.807) is 0 Å². The van der Waals surface area contributed by atoms with Gasteiger partial charge in [-0.2, -0.15) is 0 Å². The van der Waals surface area contributed by atoms with Crippen molar-refractivity contribution in [2.45, 2.75) is 57.7 Å². The van der Waals surface area contributed by atoms with Gasteiger partial charge in [0.05, 0.1) is 0 Å². The fourth-order valence-corrected chi connectivity index (χ4v) is 6.49. The number of carbonyl (C=O) groups is 1. The van der Waals surface area contributed by atoms with E-state index in [2.05, 4.69) is 29.8 Å². The van der Waals surface area contributed by atoms with Crippen molar-refractivity contribution in [2.24, 2.45) is 28.6 Å². The first-order valence-corrected chi connectivity index (χ1v) is 7.95. The number of carbonyl (C=O) groups excluding carboxylic acids is 1. The summed E-state index contributed by atoms with van der Waals surface area (Å²) in [5, 5.41) is 0. The number of alkyl halides is 1. The summed E-state index contributed by atoms with van der Waals surface area (Å²) in [6, 6.07) is 0. The third kappa shape index (κ3) is 1.39. The van der Waals surface area contributed by atoms with Crippen molar-refractivity contribution in [1.82, 2.24) is 0 Å². The van der Waals surface area contributed by atoms with Crippen molar-refractivity contribution in [3.05, 3.63) is 0 Å². The van der Waals surface area contributed by atoms with Crippen LogP contribution in [0.25, 0.3) is 0 Å². The largest absolute Gasteiger partial charge is 0.300 e. The van der Waals surface area contributed by atoms with Gasteiger partial charge in [-0.3, -0.25) is 4.79 Å². The zero-order chi connectivity index (χ0) is 12.4. The van der Waals surface area contributed by atoms with Crippen LogP contribution in [0.1, 0.15) is 52.9 Å². The minimum Gasteiger partial charge on any atom is -0.300 e. The lowest BCUT2D eigenvalue weighted by Crippen LogP contribution is -2.48. The molecule has 5 atom stereocenters. The predicted octanol–water partition coefficient (Wildman–Crippen LogP) is 4.19. The molecule has 0 aromatic heterocycles. The second-order valence-electron chi connectivity index (χ2n) is 7.27. The van der Waals surface area contributed by atoms with E-state index in [1.165, 1.54) is 25.7 Å². The second kappa shape index (κ2) is 3.59. The molecular formula is C15H23BrO. The van der Waals surface area contributed by atoms with Gasteiger partial charge in [0.15, 0.2) is 0 Å². The highest BCUT2D eigenvalue weighted by Crippen LogP contribution is 2.72. The molecule has 2 bridgehead atoms. The fraction of sp³-hybridized carbons (Fsp3) is 0.933. The molecule has 3 aliphatic rings. The first kappa shape index (κ1) is 12.2. The van der Waals surface area contributed by atoms with Gasteiger partial charge in [-0.05, 0) is 55.3 Å². The van der Waals surface area contributed by atoms with Crippen molar-refractivity contribution in [3.8, 4) is 0 Å². The van der Waals surface area contributed by atoms with Crippen LogP contribution < -0.4 is 0 Å². The van der Waals surface area contributed by atoms with E-state index in [4.69, 9.17) is 0 Å². The van der Waals surface area contributed by atoms with Crippen LogP contribution in [0.15, 0.2) is 0 Å². The highest BCUT2D eigenvalue weighted by molar-refractivity contribution is 9.09. The summed E-state index contributed by atoms with van der Waals surface area (Å²) in [5.41, 5.74) is 0.873.